The second-order valence-corrected chi connectivity index (χ2v) is 9.78. The van der Waals surface area contributed by atoms with Gasteiger partial charge in [0.25, 0.3) is 0 Å². The molecule has 7 heteroatoms. The first-order chi connectivity index (χ1) is 16.6. The summed E-state index contributed by atoms with van der Waals surface area (Å²) in [4.78, 5) is 31.3. The molecule has 0 amide bonds. The number of hydrogen-bond donors (Lipinski definition) is 0. The summed E-state index contributed by atoms with van der Waals surface area (Å²) in [6, 6.07) is 12.1. The van der Waals surface area contributed by atoms with Gasteiger partial charge >= 0.3 is 0 Å². The Morgan fingerprint density at radius 1 is 0.971 bits per heavy atom. The molecule has 182 valence electrons. The van der Waals surface area contributed by atoms with Crippen molar-refractivity contribution in [2.75, 3.05) is 18.0 Å². The predicted molar refractivity (Wildman–Crippen MR) is 138 cm³/mol. The number of ketones is 2. The van der Waals surface area contributed by atoms with Crippen molar-refractivity contribution < 1.29 is 9.59 Å². The van der Waals surface area contributed by atoms with E-state index in [2.05, 4.69) is 32.6 Å². The highest BCUT2D eigenvalue weighted by Gasteiger charge is 2.72. The smallest absolute Gasteiger partial charge is 0.202 e. The fourth-order valence-corrected chi connectivity index (χ4v) is 5.43. The number of benzene rings is 1. The molecule has 0 saturated carbocycles. The lowest BCUT2D eigenvalue weighted by molar-refractivity contribution is -0.133. The Balaban J connectivity index is 2.10. The molecule has 0 radical (unpaired) electrons. The van der Waals surface area contributed by atoms with Gasteiger partial charge in [-0.15, -0.1) is 0 Å². The summed E-state index contributed by atoms with van der Waals surface area (Å²) >= 11 is 6.41. The molecule has 0 unspecified atom stereocenters. The summed E-state index contributed by atoms with van der Waals surface area (Å²) in [6.45, 7) is 13.8. The van der Waals surface area contributed by atoms with Crippen LogP contribution in [-0.4, -0.2) is 41.6 Å². The third-order valence-corrected chi connectivity index (χ3v) is 7.31. The van der Waals surface area contributed by atoms with Crippen LogP contribution in [0.5, 0.6) is 0 Å². The molecule has 2 atom stereocenters. The Hall–Kier alpha value is -3.35. The van der Waals surface area contributed by atoms with Crippen molar-refractivity contribution in [2.45, 2.75) is 53.6 Å². The first-order valence-corrected chi connectivity index (χ1v) is 12.3. The van der Waals surface area contributed by atoms with Gasteiger partial charge in [0.2, 0.25) is 5.78 Å². The van der Waals surface area contributed by atoms with Crippen LogP contribution in [0.1, 0.15) is 47.1 Å². The number of hydrogen-bond acceptors (Lipinski definition) is 6. The van der Waals surface area contributed by atoms with Crippen molar-refractivity contribution in [1.82, 2.24) is 4.90 Å². The lowest BCUT2D eigenvalue weighted by atomic mass is 9.45. The molecule has 2 aliphatic carbocycles. The van der Waals surface area contributed by atoms with E-state index in [0.717, 1.165) is 5.69 Å². The minimum Gasteiger partial charge on any atom is -0.378 e. The Kier molecular flexibility index (Phi) is 7.29. The van der Waals surface area contributed by atoms with Crippen molar-refractivity contribution in [2.24, 2.45) is 10.8 Å². The molecule has 3 rings (SSSR count). The molecule has 0 saturated heterocycles. The highest BCUT2D eigenvalue weighted by molar-refractivity contribution is 6.50. The molecule has 0 spiro atoms. The number of halogens is 1. The van der Waals surface area contributed by atoms with E-state index in [1.807, 2.05) is 55.2 Å². The second-order valence-electron chi connectivity index (χ2n) is 9.40. The number of nitriles is 2. The lowest BCUT2D eigenvalue weighted by Gasteiger charge is -2.49. The molecule has 0 heterocycles. The largest absolute Gasteiger partial charge is 0.378 e. The highest BCUT2D eigenvalue weighted by Crippen LogP contribution is 2.64. The number of carbonyl (C=O) groups excluding carboxylic acids is 2. The van der Waals surface area contributed by atoms with Gasteiger partial charge in [0.05, 0.1) is 17.2 Å². The van der Waals surface area contributed by atoms with Gasteiger partial charge in [0, 0.05) is 36.4 Å². The standard InChI is InChI=1S/C28H31ClN4O2/c1-7-32(8-2)14-13-22-24(29)26(35)28(17-31)23(15-27(28,16-30)25(22)34)20-9-11-21(12-10-20)33(18(3)4)19(5)6/h9-15,18-19H,7-8H2,1-6H3/b14-13+/t27-,28-/m1/s1. The Labute approximate surface area is 212 Å². The molecule has 0 aliphatic heterocycles. The average Bonchev–Trinajstić information content (AvgIpc) is 2.81. The van der Waals surface area contributed by atoms with Crippen LogP contribution in [0.25, 0.3) is 5.57 Å². The number of fused-ring (bicyclic) bond motifs is 1. The molecule has 35 heavy (non-hydrogen) atoms. The maximum atomic E-state index is 13.6. The molecule has 0 N–H and O–H groups in total. The third kappa shape index (κ3) is 3.77. The molecule has 0 aromatic heterocycles. The topological polar surface area (TPSA) is 88.2 Å². The highest BCUT2D eigenvalue weighted by atomic mass is 35.5. The number of allylic oxidation sites excluding steroid dienone is 5. The monoisotopic (exact) mass is 490 g/mol. The first-order valence-electron chi connectivity index (χ1n) is 11.9. The van der Waals surface area contributed by atoms with E-state index in [1.165, 1.54) is 12.2 Å². The molecular weight excluding hydrogens is 460 g/mol. The molecule has 6 nitrogen and oxygen atoms in total. The molecule has 0 fully saturated rings. The van der Waals surface area contributed by atoms with Gasteiger partial charge in [-0.1, -0.05) is 23.7 Å². The summed E-state index contributed by atoms with van der Waals surface area (Å²) in [5.74, 6) is -1.34. The van der Waals surface area contributed by atoms with Gasteiger partial charge in [0.15, 0.2) is 16.6 Å². The van der Waals surface area contributed by atoms with Crippen molar-refractivity contribution in [3.8, 4) is 12.1 Å². The van der Waals surface area contributed by atoms with Gasteiger partial charge in [-0.3, -0.25) is 9.59 Å². The molecule has 0 bridgehead atoms. The van der Waals surface area contributed by atoms with E-state index < -0.39 is 22.4 Å². The fraction of sp³-hybridized carbons (Fsp3) is 0.429. The number of Topliss-reactive ketones (excluding diaryl/α,β-unsaturated/α-hetero) is 2. The first kappa shape index (κ1) is 26.3. The minimum atomic E-state index is -1.97. The minimum absolute atomic E-state index is 0.0360. The third-order valence-electron chi connectivity index (χ3n) is 6.93. The number of rotatable bonds is 8. The van der Waals surface area contributed by atoms with E-state index >= 15 is 0 Å². The SMILES string of the molecule is CCN(/C=C/C1=C(Cl)C(=O)[C@@]2(C#N)C(c3ccc(N(C(C)C)C(C)C)cc3)=C[C@@]2(C#N)C1=O)CC. The number of carbonyl (C=O) groups is 2. The van der Waals surface area contributed by atoms with Crippen LogP contribution in [0.15, 0.2) is 53.2 Å². The predicted octanol–water partition coefficient (Wildman–Crippen LogP) is 5.23. The Morgan fingerprint density at radius 3 is 2.00 bits per heavy atom. The maximum Gasteiger partial charge on any atom is 0.202 e. The molecule has 2 aliphatic rings. The molecular formula is C28H31ClN4O2. The van der Waals surface area contributed by atoms with Crippen LogP contribution in [0.4, 0.5) is 5.69 Å². The van der Waals surface area contributed by atoms with E-state index in [4.69, 9.17) is 11.6 Å². The van der Waals surface area contributed by atoms with Crippen LogP contribution in [0.3, 0.4) is 0 Å². The van der Waals surface area contributed by atoms with Crippen LogP contribution < -0.4 is 4.90 Å². The zero-order chi connectivity index (χ0) is 26.1. The van der Waals surface area contributed by atoms with Gasteiger partial charge < -0.3 is 9.80 Å². The summed E-state index contributed by atoms with van der Waals surface area (Å²) in [5.41, 5.74) is -1.95. The summed E-state index contributed by atoms with van der Waals surface area (Å²) < 4.78 is 0. The van der Waals surface area contributed by atoms with Gasteiger partial charge in [0.1, 0.15) is 0 Å². The zero-order valence-electron chi connectivity index (χ0n) is 21.1. The van der Waals surface area contributed by atoms with Crippen molar-refractivity contribution >= 4 is 34.4 Å². The van der Waals surface area contributed by atoms with Gasteiger partial charge in [-0.05, 0) is 83.2 Å². The number of nitrogens with zero attached hydrogens (tertiary/aromatic N) is 4. The average molecular weight is 491 g/mol. The van der Waals surface area contributed by atoms with Gasteiger partial charge in [-0.2, -0.15) is 10.5 Å². The lowest BCUT2D eigenvalue weighted by Crippen LogP contribution is -2.60. The maximum absolute atomic E-state index is 13.6. The van der Waals surface area contributed by atoms with Crippen molar-refractivity contribution in [1.29, 1.82) is 10.5 Å². The van der Waals surface area contributed by atoms with Crippen LogP contribution in [0, 0.1) is 33.5 Å². The van der Waals surface area contributed by atoms with E-state index in [9.17, 15) is 20.1 Å². The Morgan fingerprint density at radius 2 is 1.54 bits per heavy atom. The van der Waals surface area contributed by atoms with E-state index in [1.54, 1.807) is 6.20 Å². The number of anilines is 1. The van der Waals surface area contributed by atoms with Crippen LogP contribution in [-0.2, 0) is 9.59 Å². The Bertz CT molecular complexity index is 1200. The second kappa shape index (κ2) is 9.72. The van der Waals surface area contributed by atoms with E-state index in [0.29, 0.717) is 24.2 Å². The van der Waals surface area contributed by atoms with Crippen molar-refractivity contribution in [3.63, 3.8) is 0 Å². The zero-order valence-corrected chi connectivity index (χ0v) is 21.8. The summed E-state index contributed by atoms with van der Waals surface area (Å²) in [6.07, 6.45) is 4.62. The molecule has 1 aromatic carbocycles. The normalized spacial score (nSPS) is 23.7. The van der Waals surface area contributed by atoms with Gasteiger partial charge in [-0.25, -0.2) is 0 Å². The summed E-state index contributed by atoms with van der Waals surface area (Å²) in [7, 11) is 0. The quantitative estimate of drug-likeness (QED) is 0.496. The van der Waals surface area contributed by atoms with E-state index in [-0.39, 0.29) is 22.7 Å². The molecule has 1 aromatic rings. The van der Waals surface area contributed by atoms with Crippen molar-refractivity contribution in [3.05, 3.63) is 58.8 Å². The fourth-order valence-electron chi connectivity index (χ4n) is 5.14. The van der Waals surface area contributed by atoms with Crippen LogP contribution >= 0.6 is 11.6 Å². The summed E-state index contributed by atoms with van der Waals surface area (Å²) in [5, 5.41) is 20.0. The van der Waals surface area contributed by atoms with Crippen LogP contribution in [0.2, 0.25) is 0 Å².